The number of hydrogen-bond donors (Lipinski definition) is 3. The molecule has 0 fully saturated rings. The van der Waals surface area contributed by atoms with Gasteiger partial charge in [0.15, 0.2) is 5.84 Å². The average molecular weight is 496 g/mol. The molecule has 1 unspecified atom stereocenters. The molecule has 10 heteroatoms. The van der Waals surface area contributed by atoms with E-state index >= 15 is 0 Å². The molecule has 0 aliphatic carbocycles. The molecule has 4 heterocycles. The molecule has 5 rings (SSSR count). The molecule has 3 N–H and O–H groups in total. The van der Waals surface area contributed by atoms with Gasteiger partial charge in [0.2, 0.25) is 5.91 Å². The van der Waals surface area contributed by atoms with Gasteiger partial charge >= 0.3 is 0 Å². The SMILES string of the molecule is Cc1sc2c(c1C)C(c1ccc(Cl)cc1)=N[C@@H](CNC(=O)CCc1ncc[nH]1)C1=NNC(C)N12. The van der Waals surface area contributed by atoms with Gasteiger partial charge in [0.1, 0.15) is 23.0 Å². The summed E-state index contributed by atoms with van der Waals surface area (Å²) in [5.74, 6) is 1.56. The van der Waals surface area contributed by atoms with E-state index in [4.69, 9.17) is 16.6 Å². The molecule has 3 aromatic rings. The van der Waals surface area contributed by atoms with Crippen LogP contribution in [-0.4, -0.2) is 46.2 Å². The number of aliphatic imine (C=N–C) groups is 1. The molecule has 0 spiro atoms. The van der Waals surface area contributed by atoms with Crippen LogP contribution in [-0.2, 0) is 11.2 Å². The minimum Gasteiger partial charge on any atom is -0.353 e. The fourth-order valence-electron chi connectivity index (χ4n) is 4.25. The van der Waals surface area contributed by atoms with Crippen molar-refractivity contribution in [3.8, 4) is 0 Å². The molecule has 34 heavy (non-hydrogen) atoms. The number of aromatic nitrogens is 2. The van der Waals surface area contributed by atoms with Gasteiger partial charge in [-0.1, -0.05) is 23.7 Å². The lowest BCUT2D eigenvalue weighted by molar-refractivity contribution is -0.121. The van der Waals surface area contributed by atoms with Crippen molar-refractivity contribution in [2.24, 2.45) is 10.1 Å². The Hall–Kier alpha value is -3.17. The molecular weight excluding hydrogens is 470 g/mol. The molecule has 2 aromatic heterocycles. The summed E-state index contributed by atoms with van der Waals surface area (Å²) in [5.41, 5.74) is 7.39. The van der Waals surface area contributed by atoms with Gasteiger partial charge in [-0.25, -0.2) is 4.98 Å². The number of amides is 1. The number of halogens is 1. The highest BCUT2D eigenvalue weighted by molar-refractivity contribution is 7.17. The van der Waals surface area contributed by atoms with Crippen LogP contribution in [0.1, 0.15) is 40.7 Å². The summed E-state index contributed by atoms with van der Waals surface area (Å²) < 4.78 is 0. The van der Waals surface area contributed by atoms with E-state index in [0.29, 0.717) is 24.4 Å². The quantitative estimate of drug-likeness (QED) is 0.484. The first-order chi connectivity index (χ1) is 16.4. The predicted molar refractivity (Wildman–Crippen MR) is 137 cm³/mol. The summed E-state index contributed by atoms with van der Waals surface area (Å²) in [5, 5.41) is 9.48. The fourth-order valence-corrected chi connectivity index (χ4v) is 5.62. The van der Waals surface area contributed by atoms with Gasteiger partial charge in [-0.15, -0.1) is 11.3 Å². The van der Waals surface area contributed by atoms with E-state index in [0.717, 1.165) is 33.5 Å². The Kier molecular flexibility index (Phi) is 6.14. The summed E-state index contributed by atoms with van der Waals surface area (Å²) in [6.45, 7) is 6.70. The minimum absolute atomic E-state index is 0.0110. The highest BCUT2D eigenvalue weighted by Crippen LogP contribution is 2.41. The van der Waals surface area contributed by atoms with E-state index in [1.165, 1.54) is 10.4 Å². The fraction of sp³-hybridized carbons (Fsp3) is 0.333. The van der Waals surface area contributed by atoms with E-state index in [1.54, 1.807) is 23.7 Å². The predicted octanol–water partition coefficient (Wildman–Crippen LogP) is 3.78. The number of H-pyrrole nitrogens is 1. The van der Waals surface area contributed by atoms with Crippen LogP contribution in [0.15, 0.2) is 46.8 Å². The standard InChI is InChI=1S/C24H26ClN7OS/c1-13-14(2)34-24-21(13)22(16-4-6-17(25)7-5-16)29-18(23-31-30-15(3)32(23)24)12-28-20(33)9-8-19-26-10-11-27-19/h4-7,10-11,15,18,30H,8-9,12H2,1-3H3,(H,26,27)(H,28,33)/t15?,18-/m0/s1. The molecule has 2 atom stereocenters. The van der Waals surface area contributed by atoms with Gasteiger partial charge in [-0.05, 0) is 38.5 Å². The second-order valence-corrected chi connectivity index (χ2v) is 10.1. The van der Waals surface area contributed by atoms with Crippen molar-refractivity contribution in [2.45, 2.75) is 45.8 Å². The summed E-state index contributed by atoms with van der Waals surface area (Å²) in [7, 11) is 0. The van der Waals surface area contributed by atoms with Gasteiger partial charge in [0.05, 0.1) is 5.71 Å². The third kappa shape index (κ3) is 4.21. The van der Waals surface area contributed by atoms with Gasteiger partial charge in [-0.3, -0.25) is 20.1 Å². The first-order valence-electron chi connectivity index (χ1n) is 11.2. The number of carbonyl (C=O) groups excluding carboxylic acids is 1. The number of aryl methyl sites for hydroxylation is 2. The lowest BCUT2D eigenvalue weighted by Crippen LogP contribution is -2.45. The van der Waals surface area contributed by atoms with Crippen molar-refractivity contribution in [1.82, 2.24) is 20.7 Å². The number of benzene rings is 1. The first-order valence-corrected chi connectivity index (χ1v) is 12.4. The number of fused-ring (bicyclic) bond motifs is 3. The van der Waals surface area contributed by atoms with Crippen molar-refractivity contribution >= 4 is 45.4 Å². The molecule has 0 radical (unpaired) electrons. The van der Waals surface area contributed by atoms with Gasteiger partial charge in [-0.2, -0.15) is 5.10 Å². The van der Waals surface area contributed by atoms with Crippen molar-refractivity contribution in [3.63, 3.8) is 0 Å². The van der Waals surface area contributed by atoms with Crippen LogP contribution >= 0.6 is 22.9 Å². The second-order valence-electron chi connectivity index (χ2n) is 8.45. The first kappa shape index (κ1) is 22.6. The molecule has 1 aromatic carbocycles. The Balaban J connectivity index is 1.48. The van der Waals surface area contributed by atoms with Crippen molar-refractivity contribution in [1.29, 1.82) is 0 Å². The Bertz CT molecular complexity index is 1260. The summed E-state index contributed by atoms with van der Waals surface area (Å²) >= 11 is 7.91. The zero-order valence-electron chi connectivity index (χ0n) is 19.2. The molecule has 0 saturated heterocycles. The van der Waals surface area contributed by atoms with Crippen molar-refractivity contribution in [2.75, 3.05) is 11.4 Å². The zero-order chi connectivity index (χ0) is 23.8. The van der Waals surface area contributed by atoms with Crippen molar-refractivity contribution < 1.29 is 4.79 Å². The molecule has 0 bridgehead atoms. The maximum Gasteiger partial charge on any atom is 0.220 e. The third-order valence-electron chi connectivity index (χ3n) is 6.16. The number of carbonyl (C=O) groups is 1. The van der Waals surface area contributed by atoms with Crippen LogP contribution in [0.5, 0.6) is 0 Å². The number of nitrogens with one attached hydrogen (secondary N) is 3. The molecule has 2 aliphatic rings. The van der Waals surface area contributed by atoms with Crippen LogP contribution in [0.25, 0.3) is 0 Å². The van der Waals surface area contributed by atoms with Crippen LogP contribution in [0.2, 0.25) is 5.02 Å². The highest BCUT2D eigenvalue weighted by atomic mass is 35.5. The number of aromatic amines is 1. The highest BCUT2D eigenvalue weighted by Gasteiger charge is 2.38. The molecule has 1 amide bonds. The third-order valence-corrected chi connectivity index (χ3v) is 7.62. The molecule has 2 aliphatic heterocycles. The smallest absolute Gasteiger partial charge is 0.220 e. The minimum atomic E-state index is -0.338. The molecule has 8 nitrogen and oxygen atoms in total. The number of rotatable bonds is 6. The normalized spacial score (nSPS) is 19.0. The van der Waals surface area contributed by atoms with E-state index in [-0.39, 0.29) is 18.1 Å². The largest absolute Gasteiger partial charge is 0.353 e. The van der Waals surface area contributed by atoms with Gasteiger partial charge < -0.3 is 10.3 Å². The Morgan fingerprint density at radius 2 is 2.06 bits per heavy atom. The lowest BCUT2D eigenvalue weighted by Gasteiger charge is -2.25. The summed E-state index contributed by atoms with van der Waals surface area (Å²) in [6.07, 6.45) is 4.35. The maximum atomic E-state index is 12.6. The molecular formula is C24H26ClN7OS. The van der Waals surface area contributed by atoms with Crippen LogP contribution in [0, 0.1) is 13.8 Å². The number of hydrazone groups is 1. The average Bonchev–Trinajstić information content (AvgIpc) is 3.52. The summed E-state index contributed by atoms with van der Waals surface area (Å²) in [4.78, 5) is 28.5. The number of nitrogens with zero attached hydrogens (tertiary/aromatic N) is 4. The second kappa shape index (κ2) is 9.23. The van der Waals surface area contributed by atoms with Gasteiger partial charge in [0.25, 0.3) is 0 Å². The van der Waals surface area contributed by atoms with Crippen LogP contribution in [0.3, 0.4) is 0 Å². The molecule has 176 valence electrons. The lowest BCUT2D eigenvalue weighted by atomic mass is 10.00. The number of hydrogen-bond acceptors (Lipinski definition) is 7. The van der Waals surface area contributed by atoms with E-state index in [2.05, 4.69) is 51.5 Å². The zero-order valence-corrected chi connectivity index (χ0v) is 20.8. The van der Waals surface area contributed by atoms with Crippen molar-refractivity contribution in [3.05, 3.63) is 69.1 Å². The van der Waals surface area contributed by atoms with Gasteiger partial charge in [0, 0.05) is 52.8 Å². The maximum absolute atomic E-state index is 12.6. The van der Waals surface area contributed by atoms with E-state index in [1.807, 2.05) is 24.3 Å². The monoisotopic (exact) mass is 495 g/mol. The number of imidazole rings is 1. The van der Waals surface area contributed by atoms with Crippen LogP contribution in [0.4, 0.5) is 5.00 Å². The van der Waals surface area contributed by atoms with E-state index in [9.17, 15) is 4.79 Å². The number of amidine groups is 1. The Morgan fingerprint density at radius 3 is 2.79 bits per heavy atom. The summed E-state index contributed by atoms with van der Waals surface area (Å²) in [6, 6.07) is 7.42. The Morgan fingerprint density at radius 1 is 1.26 bits per heavy atom. The number of thiophene rings is 1. The topological polar surface area (TPSA) is 97.8 Å². The molecule has 0 saturated carbocycles. The Labute approximate surface area is 207 Å². The number of anilines is 1. The van der Waals surface area contributed by atoms with Crippen LogP contribution < -0.4 is 15.6 Å². The van der Waals surface area contributed by atoms with E-state index < -0.39 is 0 Å².